The predicted molar refractivity (Wildman–Crippen MR) is 71.0 cm³/mol. The number of benzene rings is 1. The lowest BCUT2D eigenvalue weighted by molar-refractivity contribution is -0.143. The van der Waals surface area contributed by atoms with Gasteiger partial charge in [0.2, 0.25) is 0 Å². The van der Waals surface area contributed by atoms with Crippen molar-refractivity contribution >= 4 is 5.97 Å². The Morgan fingerprint density at radius 3 is 2.89 bits per heavy atom. The van der Waals surface area contributed by atoms with Crippen molar-refractivity contribution in [1.82, 2.24) is 5.32 Å². The van der Waals surface area contributed by atoms with Crippen molar-refractivity contribution in [2.75, 3.05) is 6.61 Å². The number of hydrogen-bond acceptors (Lipinski definition) is 4. The quantitative estimate of drug-likeness (QED) is 0.823. The maximum atomic E-state index is 11.5. The zero-order chi connectivity index (χ0) is 13.2. The molecule has 3 rings (SSSR count). The maximum absolute atomic E-state index is 11.5. The predicted octanol–water partition coefficient (Wildman–Crippen LogP) is 1.94. The number of ether oxygens (including phenoxy) is 2. The summed E-state index contributed by atoms with van der Waals surface area (Å²) in [5, 5.41) is 3.48. The fourth-order valence-corrected chi connectivity index (χ4v) is 2.29. The number of carbonyl (C=O) groups excluding carboxylic acids is 1. The molecule has 2 aliphatic rings. The minimum atomic E-state index is -0.444. The first-order valence-corrected chi connectivity index (χ1v) is 6.89. The molecule has 1 saturated heterocycles. The van der Waals surface area contributed by atoms with Crippen molar-refractivity contribution in [3.63, 3.8) is 0 Å². The van der Waals surface area contributed by atoms with Crippen molar-refractivity contribution in [1.29, 1.82) is 0 Å². The van der Waals surface area contributed by atoms with Crippen molar-refractivity contribution < 1.29 is 14.3 Å². The first-order chi connectivity index (χ1) is 9.24. The molecule has 0 aromatic heterocycles. The standard InChI is InChI=1S/C15H19NO3/c1-10-3-2-4-11(9-16-12-5-6-12)14(10)19-13-7-8-18-15(13)17/h2-4,12-13,16H,5-9H2,1H3. The van der Waals surface area contributed by atoms with Gasteiger partial charge < -0.3 is 14.8 Å². The van der Waals surface area contributed by atoms with Crippen LogP contribution in [-0.4, -0.2) is 24.7 Å². The van der Waals surface area contributed by atoms with Crippen molar-refractivity contribution in [3.05, 3.63) is 29.3 Å². The molecule has 2 fully saturated rings. The number of hydrogen-bond donors (Lipinski definition) is 1. The van der Waals surface area contributed by atoms with Crippen molar-refractivity contribution in [2.45, 2.75) is 44.9 Å². The average Bonchev–Trinajstić information content (AvgIpc) is 3.14. The second kappa shape index (κ2) is 5.21. The zero-order valence-electron chi connectivity index (χ0n) is 11.1. The summed E-state index contributed by atoms with van der Waals surface area (Å²) in [7, 11) is 0. The van der Waals surface area contributed by atoms with Crippen molar-refractivity contribution in [3.8, 4) is 5.75 Å². The third kappa shape index (κ3) is 2.89. The Bertz CT molecular complexity index is 482. The van der Waals surface area contributed by atoms with Crippen LogP contribution in [-0.2, 0) is 16.1 Å². The van der Waals surface area contributed by atoms with Crippen LogP contribution >= 0.6 is 0 Å². The van der Waals surface area contributed by atoms with E-state index in [1.165, 1.54) is 12.8 Å². The van der Waals surface area contributed by atoms with Crippen molar-refractivity contribution in [2.24, 2.45) is 0 Å². The molecule has 1 aliphatic heterocycles. The third-order valence-electron chi connectivity index (χ3n) is 3.60. The fourth-order valence-electron chi connectivity index (χ4n) is 2.29. The lowest BCUT2D eigenvalue weighted by atomic mass is 10.1. The average molecular weight is 261 g/mol. The molecule has 1 aromatic carbocycles. The second-order valence-electron chi connectivity index (χ2n) is 5.28. The molecule has 1 heterocycles. The molecule has 1 unspecified atom stereocenters. The minimum absolute atomic E-state index is 0.246. The molecule has 1 N–H and O–H groups in total. The van der Waals surface area contributed by atoms with Gasteiger partial charge in [-0.1, -0.05) is 18.2 Å². The van der Waals surface area contributed by atoms with Crippen LogP contribution in [0, 0.1) is 6.92 Å². The Morgan fingerprint density at radius 2 is 2.21 bits per heavy atom. The van der Waals surface area contributed by atoms with E-state index in [4.69, 9.17) is 9.47 Å². The lowest BCUT2D eigenvalue weighted by Crippen LogP contribution is -2.24. The van der Waals surface area contributed by atoms with Crippen LogP contribution in [0.4, 0.5) is 0 Å². The summed E-state index contributed by atoms with van der Waals surface area (Å²) in [5.41, 5.74) is 2.18. The second-order valence-corrected chi connectivity index (χ2v) is 5.28. The van der Waals surface area contributed by atoms with Gasteiger partial charge in [-0.2, -0.15) is 0 Å². The van der Waals surface area contributed by atoms with E-state index in [9.17, 15) is 4.79 Å². The molecule has 1 aliphatic carbocycles. The maximum Gasteiger partial charge on any atom is 0.347 e. The van der Waals surface area contributed by atoms with E-state index in [1.54, 1.807) is 0 Å². The summed E-state index contributed by atoms with van der Waals surface area (Å²) in [6.45, 7) is 3.27. The van der Waals surface area contributed by atoms with Gasteiger partial charge in [-0.05, 0) is 25.3 Å². The summed E-state index contributed by atoms with van der Waals surface area (Å²) >= 11 is 0. The minimum Gasteiger partial charge on any atom is -0.478 e. The first-order valence-electron chi connectivity index (χ1n) is 6.89. The van der Waals surface area contributed by atoms with Gasteiger partial charge in [-0.15, -0.1) is 0 Å². The lowest BCUT2D eigenvalue weighted by Gasteiger charge is -2.17. The smallest absolute Gasteiger partial charge is 0.347 e. The number of carbonyl (C=O) groups is 1. The van der Waals surface area contributed by atoms with Gasteiger partial charge in [-0.3, -0.25) is 0 Å². The number of para-hydroxylation sites is 1. The molecule has 1 saturated carbocycles. The highest BCUT2D eigenvalue weighted by molar-refractivity contribution is 5.77. The Labute approximate surface area is 113 Å². The van der Waals surface area contributed by atoms with Crippen LogP contribution in [0.1, 0.15) is 30.4 Å². The van der Waals surface area contributed by atoms with E-state index in [2.05, 4.69) is 11.4 Å². The van der Waals surface area contributed by atoms with E-state index in [0.29, 0.717) is 19.1 Å². The van der Waals surface area contributed by atoms with Crippen LogP contribution in [0.2, 0.25) is 0 Å². The highest BCUT2D eigenvalue weighted by Crippen LogP contribution is 2.28. The molecule has 1 atom stereocenters. The molecule has 1 aromatic rings. The van der Waals surface area contributed by atoms with Crippen LogP contribution in [0.5, 0.6) is 5.75 Å². The molecular formula is C15H19NO3. The van der Waals surface area contributed by atoms with Crippen LogP contribution in [0.15, 0.2) is 18.2 Å². The summed E-state index contributed by atoms with van der Waals surface area (Å²) in [4.78, 5) is 11.5. The van der Waals surface area contributed by atoms with Gasteiger partial charge in [-0.25, -0.2) is 4.79 Å². The molecule has 0 spiro atoms. The highest BCUT2D eigenvalue weighted by atomic mass is 16.6. The summed E-state index contributed by atoms with van der Waals surface area (Å²) < 4.78 is 10.8. The van der Waals surface area contributed by atoms with Gasteiger partial charge in [0.05, 0.1) is 6.61 Å². The molecule has 102 valence electrons. The van der Waals surface area contributed by atoms with E-state index in [-0.39, 0.29) is 5.97 Å². The molecule has 19 heavy (non-hydrogen) atoms. The van der Waals surface area contributed by atoms with E-state index < -0.39 is 6.10 Å². The summed E-state index contributed by atoms with van der Waals surface area (Å²) in [6.07, 6.45) is 2.72. The molecule has 0 radical (unpaired) electrons. The third-order valence-corrected chi connectivity index (χ3v) is 3.60. The van der Waals surface area contributed by atoms with Gasteiger partial charge >= 0.3 is 5.97 Å². The number of rotatable bonds is 5. The first kappa shape index (κ1) is 12.5. The zero-order valence-corrected chi connectivity index (χ0v) is 11.1. The SMILES string of the molecule is Cc1cccc(CNC2CC2)c1OC1CCOC1=O. The monoisotopic (exact) mass is 261 g/mol. The molecule has 4 nitrogen and oxygen atoms in total. The highest BCUT2D eigenvalue weighted by Gasteiger charge is 2.29. The molecule has 0 amide bonds. The van der Waals surface area contributed by atoms with Gasteiger partial charge in [0, 0.05) is 24.6 Å². The summed E-state index contributed by atoms with van der Waals surface area (Å²) in [6, 6.07) is 6.75. The number of nitrogens with one attached hydrogen (secondary N) is 1. The van der Waals surface area contributed by atoms with E-state index in [1.807, 2.05) is 19.1 Å². The largest absolute Gasteiger partial charge is 0.478 e. The number of aryl methyl sites for hydroxylation is 1. The van der Waals surface area contributed by atoms with Crippen LogP contribution < -0.4 is 10.1 Å². The van der Waals surface area contributed by atoms with Gasteiger partial charge in [0.25, 0.3) is 0 Å². The molecule has 4 heteroatoms. The van der Waals surface area contributed by atoms with E-state index >= 15 is 0 Å². The Morgan fingerprint density at radius 1 is 1.37 bits per heavy atom. The summed E-state index contributed by atoms with van der Waals surface area (Å²) in [5.74, 6) is 0.587. The Balaban J connectivity index is 1.75. The normalized spacial score (nSPS) is 22.4. The van der Waals surface area contributed by atoms with Crippen LogP contribution in [0.3, 0.4) is 0 Å². The fraction of sp³-hybridized carbons (Fsp3) is 0.533. The molecule has 0 bridgehead atoms. The number of cyclic esters (lactones) is 1. The Hall–Kier alpha value is -1.55. The topological polar surface area (TPSA) is 47.6 Å². The van der Waals surface area contributed by atoms with Crippen LogP contribution in [0.25, 0.3) is 0 Å². The number of esters is 1. The van der Waals surface area contributed by atoms with Gasteiger partial charge in [0.15, 0.2) is 6.10 Å². The Kier molecular flexibility index (Phi) is 3.42. The van der Waals surface area contributed by atoms with Gasteiger partial charge in [0.1, 0.15) is 5.75 Å². The van der Waals surface area contributed by atoms with E-state index in [0.717, 1.165) is 23.4 Å². The molecular weight excluding hydrogens is 242 g/mol.